The number of methoxy groups -OCH3 is 1. The van der Waals surface area contributed by atoms with Gasteiger partial charge in [-0.05, 0) is 13.8 Å². The molecule has 0 fully saturated rings. The summed E-state index contributed by atoms with van der Waals surface area (Å²) in [6.45, 7) is 8.25. The van der Waals surface area contributed by atoms with E-state index in [-0.39, 0.29) is 12.4 Å². The molecule has 0 amide bonds. The average Bonchev–Trinajstić information content (AvgIpc) is 2.33. The zero-order chi connectivity index (χ0) is 14.6. The minimum atomic E-state index is -0.748. The van der Waals surface area contributed by atoms with E-state index in [2.05, 4.69) is 11.3 Å². The van der Waals surface area contributed by atoms with Gasteiger partial charge in [-0.25, -0.2) is 4.79 Å². The fourth-order valence-corrected chi connectivity index (χ4v) is 0.743. The SMILES string of the molecule is C=CC(=O)OC.CCOCC(OC(C)=O)C(C)=O. The van der Waals surface area contributed by atoms with Gasteiger partial charge in [0.05, 0.1) is 13.7 Å². The lowest BCUT2D eigenvalue weighted by Crippen LogP contribution is -2.29. The van der Waals surface area contributed by atoms with E-state index in [0.29, 0.717) is 6.61 Å². The third-order valence-electron chi connectivity index (χ3n) is 1.60. The highest BCUT2D eigenvalue weighted by Crippen LogP contribution is 1.95. The summed E-state index contributed by atoms with van der Waals surface area (Å²) in [6, 6.07) is 0. The summed E-state index contributed by atoms with van der Waals surface area (Å²) < 4.78 is 13.8. The number of ether oxygens (including phenoxy) is 3. The molecule has 0 heterocycles. The van der Waals surface area contributed by atoms with Crippen LogP contribution < -0.4 is 0 Å². The smallest absolute Gasteiger partial charge is 0.329 e. The van der Waals surface area contributed by atoms with Gasteiger partial charge in [-0.1, -0.05) is 6.58 Å². The molecule has 0 N–H and O–H groups in total. The molecule has 1 atom stereocenters. The summed E-state index contributed by atoms with van der Waals surface area (Å²) in [5.74, 6) is -1.05. The first-order valence-electron chi connectivity index (χ1n) is 5.34. The van der Waals surface area contributed by atoms with Crippen LogP contribution in [0, 0.1) is 0 Å². The zero-order valence-corrected chi connectivity index (χ0v) is 11.2. The fraction of sp³-hybridized carbons (Fsp3) is 0.583. The number of ketones is 1. The summed E-state index contributed by atoms with van der Waals surface area (Å²) in [4.78, 5) is 31.2. The van der Waals surface area contributed by atoms with Crippen molar-refractivity contribution in [2.45, 2.75) is 26.9 Å². The number of esters is 2. The van der Waals surface area contributed by atoms with Crippen LogP contribution in [0.4, 0.5) is 0 Å². The number of hydrogen-bond acceptors (Lipinski definition) is 6. The Hall–Kier alpha value is -1.69. The third kappa shape index (κ3) is 12.4. The molecule has 0 spiro atoms. The Labute approximate surface area is 107 Å². The van der Waals surface area contributed by atoms with E-state index < -0.39 is 18.0 Å². The van der Waals surface area contributed by atoms with Gasteiger partial charge in [-0.3, -0.25) is 9.59 Å². The van der Waals surface area contributed by atoms with Crippen LogP contribution in [0.25, 0.3) is 0 Å². The van der Waals surface area contributed by atoms with Crippen LogP contribution in [-0.2, 0) is 28.6 Å². The lowest BCUT2D eigenvalue weighted by Gasteiger charge is -2.12. The summed E-state index contributed by atoms with van der Waals surface area (Å²) in [6.07, 6.45) is 0.363. The van der Waals surface area contributed by atoms with Crippen LogP contribution in [0.3, 0.4) is 0 Å². The van der Waals surface area contributed by atoms with Crippen molar-refractivity contribution in [2.75, 3.05) is 20.3 Å². The molecule has 0 aromatic heterocycles. The number of Topliss-reactive ketones (excluding diaryl/α,β-unsaturated/α-hetero) is 1. The number of carbonyl (C=O) groups excluding carboxylic acids is 3. The molecule has 0 radical (unpaired) electrons. The lowest BCUT2D eigenvalue weighted by molar-refractivity contribution is -0.155. The molecule has 0 saturated heterocycles. The van der Waals surface area contributed by atoms with E-state index in [4.69, 9.17) is 9.47 Å². The van der Waals surface area contributed by atoms with E-state index >= 15 is 0 Å². The van der Waals surface area contributed by atoms with Gasteiger partial charge in [0.25, 0.3) is 0 Å². The van der Waals surface area contributed by atoms with Crippen molar-refractivity contribution in [3.63, 3.8) is 0 Å². The molecule has 0 saturated carbocycles. The van der Waals surface area contributed by atoms with Crippen LogP contribution in [0.15, 0.2) is 12.7 Å². The molecular formula is C12H20O6. The lowest BCUT2D eigenvalue weighted by atomic mass is 10.3. The van der Waals surface area contributed by atoms with Crippen molar-refractivity contribution in [2.24, 2.45) is 0 Å². The van der Waals surface area contributed by atoms with Crippen LogP contribution in [-0.4, -0.2) is 44.1 Å². The van der Waals surface area contributed by atoms with Crippen molar-refractivity contribution in [1.82, 2.24) is 0 Å². The summed E-state index contributed by atoms with van der Waals surface area (Å²) in [5, 5.41) is 0. The maximum atomic E-state index is 10.8. The van der Waals surface area contributed by atoms with E-state index in [1.807, 2.05) is 6.92 Å². The molecule has 18 heavy (non-hydrogen) atoms. The van der Waals surface area contributed by atoms with Crippen LogP contribution >= 0.6 is 0 Å². The van der Waals surface area contributed by atoms with Crippen molar-refractivity contribution >= 4 is 17.7 Å². The zero-order valence-electron chi connectivity index (χ0n) is 11.2. The van der Waals surface area contributed by atoms with Crippen LogP contribution in [0.2, 0.25) is 0 Å². The van der Waals surface area contributed by atoms with E-state index in [0.717, 1.165) is 6.08 Å². The van der Waals surface area contributed by atoms with E-state index in [1.54, 1.807) is 0 Å². The van der Waals surface area contributed by atoms with Gasteiger partial charge in [0.15, 0.2) is 11.9 Å². The Kier molecular flexibility index (Phi) is 12.2. The van der Waals surface area contributed by atoms with Crippen molar-refractivity contribution in [3.8, 4) is 0 Å². The Morgan fingerprint density at radius 2 is 1.83 bits per heavy atom. The van der Waals surface area contributed by atoms with E-state index in [9.17, 15) is 14.4 Å². The third-order valence-corrected chi connectivity index (χ3v) is 1.60. The molecule has 1 unspecified atom stereocenters. The van der Waals surface area contributed by atoms with Gasteiger partial charge in [-0.15, -0.1) is 0 Å². The second-order valence-corrected chi connectivity index (χ2v) is 3.10. The summed E-state index contributed by atoms with van der Waals surface area (Å²) in [7, 11) is 1.31. The first-order valence-corrected chi connectivity index (χ1v) is 5.34. The Bertz CT molecular complexity index is 284. The van der Waals surface area contributed by atoms with E-state index in [1.165, 1.54) is 21.0 Å². The molecule has 6 heteroatoms. The number of hydrogen-bond donors (Lipinski definition) is 0. The Morgan fingerprint density at radius 3 is 2.06 bits per heavy atom. The maximum Gasteiger partial charge on any atom is 0.329 e. The van der Waals surface area contributed by atoms with Gasteiger partial charge in [-0.2, -0.15) is 0 Å². The maximum absolute atomic E-state index is 10.8. The number of carbonyl (C=O) groups is 3. The highest BCUT2D eigenvalue weighted by molar-refractivity contribution is 5.83. The summed E-state index contributed by atoms with van der Waals surface area (Å²) >= 11 is 0. The molecule has 0 aliphatic rings. The normalized spacial score (nSPS) is 10.4. The van der Waals surface area contributed by atoms with Gasteiger partial charge < -0.3 is 14.2 Å². The Morgan fingerprint density at radius 1 is 1.28 bits per heavy atom. The monoisotopic (exact) mass is 260 g/mol. The highest BCUT2D eigenvalue weighted by Gasteiger charge is 2.16. The largest absolute Gasteiger partial charge is 0.466 e. The minimum Gasteiger partial charge on any atom is -0.466 e. The standard InChI is InChI=1S/C8H14O4.C4H6O2/c1-4-11-5-8(6(2)9)12-7(3)10;1-3-4(5)6-2/h8H,4-5H2,1-3H3;3H,1H2,2H3. The molecule has 0 aromatic rings. The van der Waals surface area contributed by atoms with Gasteiger partial charge in [0, 0.05) is 19.6 Å². The fourth-order valence-electron chi connectivity index (χ4n) is 0.743. The highest BCUT2D eigenvalue weighted by atomic mass is 16.6. The molecule has 0 aliphatic heterocycles. The Balaban J connectivity index is 0. The molecule has 0 rings (SSSR count). The average molecular weight is 260 g/mol. The second kappa shape index (κ2) is 11.8. The van der Waals surface area contributed by atoms with Crippen molar-refractivity contribution in [3.05, 3.63) is 12.7 Å². The molecule has 0 aromatic carbocycles. The topological polar surface area (TPSA) is 78.9 Å². The predicted molar refractivity (Wildman–Crippen MR) is 64.9 cm³/mol. The van der Waals surface area contributed by atoms with Crippen LogP contribution in [0.5, 0.6) is 0 Å². The number of rotatable bonds is 6. The van der Waals surface area contributed by atoms with Crippen molar-refractivity contribution in [1.29, 1.82) is 0 Å². The first-order chi connectivity index (χ1) is 8.38. The van der Waals surface area contributed by atoms with Gasteiger partial charge >= 0.3 is 11.9 Å². The second-order valence-electron chi connectivity index (χ2n) is 3.10. The predicted octanol–water partition coefficient (Wildman–Crippen LogP) is 0.889. The van der Waals surface area contributed by atoms with Gasteiger partial charge in [0.1, 0.15) is 0 Å². The quantitative estimate of drug-likeness (QED) is 0.521. The van der Waals surface area contributed by atoms with Crippen LogP contribution in [0.1, 0.15) is 20.8 Å². The molecular weight excluding hydrogens is 240 g/mol. The molecule has 0 bridgehead atoms. The first kappa shape index (κ1) is 18.7. The molecule has 104 valence electrons. The molecule has 0 aliphatic carbocycles. The minimum absolute atomic E-state index is 0.144. The van der Waals surface area contributed by atoms with Crippen molar-refractivity contribution < 1.29 is 28.6 Å². The van der Waals surface area contributed by atoms with Gasteiger partial charge in [0.2, 0.25) is 0 Å². The molecule has 6 nitrogen and oxygen atoms in total. The summed E-state index contributed by atoms with van der Waals surface area (Å²) in [5.41, 5.74) is 0.